The summed E-state index contributed by atoms with van der Waals surface area (Å²) in [4.78, 5) is 31.8. The fourth-order valence-electron chi connectivity index (χ4n) is 1.55. The number of nitrogens with one attached hydrogen (secondary N) is 1. The fourth-order valence-corrected chi connectivity index (χ4v) is 1.55. The Morgan fingerprint density at radius 2 is 1.75 bits per heavy atom. The molecule has 0 aliphatic carbocycles. The van der Waals surface area contributed by atoms with Gasteiger partial charge in [0.2, 0.25) is 5.95 Å². The van der Waals surface area contributed by atoms with Gasteiger partial charge < -0.3 is 5.11 Å². The molecule has 0 radical (unpaired) electrons. The lowest BCUT2D eigenvalue weighted by Gasteiger charge is -2.20. The molecule has 0 saturated heterocycles. The van der Waals surface area contributed by atoms with E-state index in [-0.39, 0.29) is 5.95 Å². The number of amides is 2. The van der Waals surface area contributed by atoms with Crippen LogP contribution in [0.2, 0.25) is 0 Å². The molecule has 1 heterocycles. The quantitative estimate of drug-likeness (QED) is 0.881. The van der Waals surface area contributed by atoms with Gasteiger partial charge in [0.1, 0.15) is 6.54 Å². The molecule has 0 aliphatic heterocycles. The van der Waals surface area contributed by atoms with Crippen molar-refractivity contribution in [3.63, 3.8) is 0 Å². The van der Waals surface area contributed by atoms with Gasteiger partial charge in [-0.05, 0) is 18.2 Å². The smallest absolute Gasteiger partial charge is 0.329 e. The number of nitrogens with zero attached hydrogens (tertiary/aromatic N) is 3. The van der Waals surface area contributed by atoms with Gasteiger partial charge in [0.15, 0.2) is 0 Å². The number of rotatable bonds is 4. The Morgan fingerprint density at radius 1 is 1.10 bits per heavy atom. The maximum Gasteiger partial charge on any atom is 0.329 e. The number of aromatic nitrogens is 2. The summed E-state index contributed by atoms with van der Waals surface area (Å²) >= 11 is 0. The van der Waals surface area contributed by atoms with Crippen LogP contribution in [0.25, 0.3) is 0 Å². The molecule has 7 heteroatoms. The first kappa shape index (κ1) is 13.5. The average Bonchev–Trinajstić information content (AvgIpc) is 2.46. The summed E-state index contributed by atoms with van der Waals surface area (Å²) in [5.74, 6) is -0.998. The molecule has 0 fully saturated rings. The number of carboxylic acid groups (broad SMARTS) is 1. The minimum Gasteiger partial charge on any atom is -0.480 e. The minimum absolute atomic E-state index is 0.115. The van der Waals surface area contributed by atoms with Gasteiger partial charge in [0.25, 0.3) is 0 Å². The van der Waals surface area contributed by atoms with Gasteiger partial charge in [-0.1, -0.05) is 18.2 Å². The molecule has 0 atom stereocenters. The van der Waals surface area contributed by atoms with Gasteiger partial charge in [-0.25, -0.2) is 14.8 Å². The molecule has 1 aromatic carbocycles. The summed E-state index contributed by atoms with van der Waals surface area (Å²) in [5.41, 5.74) is 0.475. The van der Waals surface area contributed by atoms with Crippen LogP contribution >= 0.6 is 0 Å². The zero-order chi connectivity index (χ0) is 14.4. The Kier molecular flexibility index (Phi) is 4.23. The molecule has 0 spiro atoms. The van der Waals surface area contributed by atoms with E-state index in [0.717, 1.165) is 4.90 Å². The number of anilines is 2. The molecule has 0 aliphatic rings. The third kappa shape index (κ3) is 3.52. The molecule has 1 aromatic heterocycles. The lowest BCUT2D eigenvalue weighted by molar-refractivity contribution is -0.135. The first-order valence-corrected chi connectivity index (χ1v) is 5.79. The summed E-state index contributed by atoms with van der Waals surface area (Å²) in [6, 6.07) is 9.52. The van der Waals surface area contributed by atoms with Crippen LogP contribution in [-0.4, -0.2) is 33.6 Å². The topological polar surface area (TPSA) is 95.4 Å². The number of carbonyl (C=O) groups is 2. The number of carboxylic acids is 1. The lowest BCUT2D eigenvalue weighted by atomic mass is 10.3. The van der Waals surface area contributed by atoms with E-state index in [4.69, 9.17) is 5.11 Å². The highest BCUT2D eigenvalue weighted by Gasteiger charge is 2.19. The predicted octanol–water partition coefficient (Wildman–Crippen LogP) is 1.60. The van der Waals surface area contributed by atoms with E-state index in [1.54, 1.807) is 36.4 Å². The van der Waals surface area contributed by atoms with Gasteiger partial charge in [-0.2, -0.15) is 0 Å². The van der Waals surface area contributed by atoms with Crippen LogP contribution in [0.5, 0.6) is 0 Å². The standard InChI is InChI=1S/C13H12N4O3/c18-11(19)9-17(10-5-2-1-3-6-10)13(20)16-12-14-7-4-8-15-12/h1-8H,9H2,(H,18,19)(H,14,15,16,20). The van der Waals surface area contributed by atoms with Crippen molar-refractivity contribution >= 4 is 23.6 Å². The number of urea groups is 1. The second-order valence-corrected chi connectivity index (χ2v) is 3.82. The molecule has 102 valence electrons. The second kappa shape index (κ2) is 6.28. The van der Waals surface area contributed by atoms with Crippen molar-refractivity contribution in [2.24, 2.45) is 0 Å². The van der Waals surface area contributed by atoms with E-state index >= 15 is 0 Å². The summed E-state index contributed by atoms with van der Waals surface area (Å²) in [5, 5.41) is 11.4. The molecular weight excluding hydrogens is 260 g/mol. The third-order valence-corrected chi connectivity index (χ3v) is 2.39. The summed E-state index contributed by atoms with van der Waals surface area (Å²) < 4.78 is 0. The largest absolute Gasteiger partial charge is 0.480 e. The molecule has 2 amide bonds. The van der Waals surface area contributed by atoms with Crippen LogP contribution in [0, 0.1) is 0 Å². The molecule has 0 unspecified atom stereocenters. The van der Waals surface area contributed by atoms with Crippen LogP contribution in [0.15, 0.2) is 48.8 Å². The molecule has 2 rings (SSSR count). The molecule has 0 saturated carbocycles. The number of benzene rings is 1. The molecule has 0 bridgehead atoms. The number of para-hydroxylation sites is 1. The predicted molar refractivity (Wildman–Crippen MR) is 72.5 cm³/mol. The van der Waals surface area contributed by atoms with E-state index < -0.39 is 18.5 Å². The van der Waals surface area contributed by atoms with Gasteiger partial charge in [-0.3, -0.25) is 15.0 Å². The van der Waals surface area contributed by atoms with E-state index in [2.05, 4.69) is 15.3 Å². The molecule has 7 nitrogen and oxygen atoms in total. The Labute approximate surface area is 114 Å². The van der Waals surface area contributed by atoms with Crippen LogP contribution < -0.4 is 10.2 Å². The zero-order valence-electron chi connectivity index (χ0n) is 10.4. The Hall–Kier alpha value is -2.96. The average molecular weight is 272 g/mol. The van der Waals surface area contributed by atoms with Gasteiger partial charge in [-0.15, -0.1) is 0 Å². The Balaban J connectivity index is 2.18. The number of hydrogen-bond donors (Lipinski definition) is 2. The molecular formula is C13H12N4O3. The summed E-state index contributed by atoms with van der Waals surface area (Å²) in [6.45, 7) is -0.456. The van der Waals surface area contributed by atoms with Crippen LogP contribution in [-0.2, 0) is 4.79 Å². The van der Waals surface area contributed by atoms with Crippen molar-refractivity contribution in [2.45, 2.75) is 0 Å². The zero-order valence-corrected chi connectivity index (χ0v) is 10.4. The highest BCUT2D eigenvalue weighted by Crippen LogP contribution is 2.14. The van der Waals surface area contributed by atoms with Gasteiger partial charge in [0.05, 0.1) is 0 Å². The van der Waals surface area contributed by atoms with Crippen molar-refractivity contribution in [3.05, 3.63) is 48.8 Å². The van der Waals surface area contributed by atoms with Crippen LogP contribution in [0.1, 0.15) is 0 Å². The highest BCUT2D eigenvalue weighted by atomic mass is 16.4. The van der Waals surface area contributed by atoms with Gasteiger partial charge >= 0.3 is 12.0 Å². The lowest BCUT2D eigenvalue weighted by Crippen LogP contribution is -2.39. The maximum atomic E-state index is 12.1. The van der Waals surface area contributed by atoms with E-state index in [9.17, 15) is 9.59 Å². The Bertz CT molecular complexity index is 589. The SMILES string of the molecule is O=C(O)CN(C(=O)Nc1ncccn1)c1ccccc1. The van der Waals surface area contributed by atoms with Crippen molar-refractivity contribution in [1.29, 1.82) is 0 Å². The number of aliphatic carboxylic acids is 1. The van der Waals surface area contributed by atoms with Crippen molar-refractivity contribution < 1.29 is 14.7 Å². The number of carbonyl (C=O) groups excluding carboxylic acids is 1. The monoisotopic (exact) mass is 272 g/mol. The van der Waals surface area contributed by atoms with Crippen molar-refractivity contribution in [1.82, 2.24) is 9.97 Å². The first-order valence-electron chi connectivity index (χ1n) is 5.79. The first-order chi connectivity index (χ1) is 9.66. The minimum atomic E-state index is -1.11. The normalized spacial score (nSPS) is 9.80. The Morgan fingerprint density at radius 3 is 2.35 bits per heavy atom. The summed E-state index contributed by atoms with van der Waals surface area (Å²) in [6.07, 6.45) is 2.96. The highest BCUT2D eigenvalue weighted by molar-refractivity contribution is 6.03. The van der Waals surface area contributed by atoms with Gasteiger partial charge in [0, 0.05) is 18.1 Å². The van der Waals surface area contributed by atoms with Crippen LogP contribution in [0.4, 0.5) is 16.4 Å². The second-order valence-electron chi connectivity index (χ2n) is 3.82. The van der Waals surface area contributed by atoms with E-state index in [1.807, 2.05) is 0 Å². The fraction of sp³-hybridized carbons (Fsp3) is 0.0769. The van der Waals surface area contributed by atoms with E-state index in [0.29, 0.717) is 5.69 Å². The van der Waals surface area contributed by atoms with E-state index in [1.165, 1.54) is 12.4 Å². The molecule has 2 aromatic rings. The van der Waals surface area contributed by atoms with Crippen molar-refractivity contribution in [3.8, 4) is 0 Å². The molecule has 2 N–H and O–H groups in total. The number of hydrogen-bond acceptors (Lipinski definition) is 4. The van der Waals surface area contributed by atoms with Crippen molar-refractivity contribution in [2.75, 3.05) is 16.8 Å². The van der Waals surface area contributed by atoms with Crippen LogP contribution in [0.3, 0.4) is 0 Å². The third-order valence-electron chi connectivity index (χ3n) is 2.39. The summed E-state index contributed by atoms with van der Waals surface area (Å²) in [7, 11) is 0. The molecule has 20 heavy (non-hydrogen) atoms. The maximum absolute atomic E-state index is 12.1.